The van der Waals surface area contributed by atoms with Crippen molar-refractivity contribution in [2.24, 2.45) is 0 Å². The second-order valence-electron chi connectivity index (χ2n) is 3.04. The summed E-state index contributed by atoms with van der Waals surface area (Å²) < 4.78 is 1.23. The summed E-state index contributed by atoms with van der Waals surface area (Å²) in [5, 5.41) is 1.24. The van der Waals surface area contributed by atoms with E-state index in [1.54, 1.807) is 11.3 Å². The molecule has 0 aliphatic carbocycles. The van der Waals surface area contributed by atoms with Crippen LogP contribution in [0.25, 0.3) is 10.1 Å². The maximum absolute atomic E-state index is 5.85. The van der Waals surface area contributed by atoms with E-state index in [0.717, 1.165) is 11.3 Å². The number of nitrogens with two attached hydrogens (primary N) is 1. The number of alkyl halides is 1. The second kappa shape index (κ2) is 3.20. The van der Waals surface area contributed by atoms with Gasteiger partial charge in [0, 0.05) is 20.8 Å². The van der Waals surface area contributed by atoms with Crippen LogP contribution in [0.3, 0.4) is 0 Å². The van der Waals surface area contributed by atoms with Crippen LogP contribution in [0, 0.1) is 6.92 Å². The molecule has 0 bridgehead atoms. The normalized spacial score (nSPS) is 10.9. The molecule has 2 N–H and O–H groups in total. The van der Waals surface area contributed by atoms with Crippen molar-refractivity contribution in [3.05, 3.63) is 28.6 Å². The Morgan fingerprint density at radius 1 is 1.46 bits per heavy atom. The Kier molecular flexibility index (Phi) is 2.18. The van der Waals surface area contributed by atoms with Crippen molar-refractivity contribution in [2.75, 3.05) is 5.73 Å². The molecule has 13 heavy (non-hydrogen) atoms. The Balaban J connectivity index is 2.82. The van der Waals surface area contributed by atoms with Gasteiger partial charge >= 0.3 is 0 Å². The fourth-order valence-corrected chi connectivity index (χ4v) is 2.88. The van der Waals surface area contributed by atoms with Crippen molar-refractivity contribution in [3.63, 3.8) is 0 Å². The predicted octanol–water partition coefficient (Wildman–Crippen LogP) is 3.53. The zero-order valence-electron chi connectivity index (χ0n) is 7.30. The topological polar surface area (TPSA) is 26.0 Å². The quantitative estimate of drug-likeness (QED) is 0.567. The highest BCUT2D eigenvalue weighted by Gasteiger charge is 2.06. The van der Waals surface area contributed by atoms with Crippen molar-refractivity contribution in [1.82, 2.24) is 0 Å². The first kappa shape index (κ1) is 8.85. The molecular formula is C10H10ClNS. The molecule has 0 atom stereocenters. The number of thiophene rings is 1. The van der Waals surface area contributed by atoms with Gasteiger partial charge in [-0.25, -0.2) is 0 Å². The zero-order valence-corrected chi connectivity index (χ0v) is 8.88. The first-order valence-corrected chi connectivity index (χ1v) is 5.41. The molecule has 0 unspecified atom stereocenters. The summed E-state index contributed by atoms with van der Waals surface area (Å²) in [7, 11) is 0. The Morgan fingerprint density at radius 3 is 2.92 bits per heavy atom. The Hall–Kier alpha value is -0.730. The highest BCUT2D eigenvalue weighted by Crippen LogP contribution is 2.32. The lowest BCUT2D eigenvalue weighted by Crippen LogP contribution is -1.90. The standard InChI is InChI=1S/C10H10ClNS/c1-6-4-7-2-3-9(12)8(5-11)10(7)13-6/h2-4H,5,12H2,1H3. The van der Waals surface area contributed by atoms with E-state index >= 15 is 0 Å². The molecular weight excluding hydrogens is 202 g/mol. The molecule has 0 aliphatic heterocycles. The molecule has 0 saturated heterocycles. The minimum absolute atomic E-state index is 0.489. The molecule has 0 saturated carbocycles. The van der Waals surface area contributed by atoms with Gasteiger partial charge in [-0.2, -0.15) is 0 Å². The molecule has 2 aromatic rings. The molecule has 0 radical (unpaired) electrons. The van der Waals surface area contributed by atoms with Gasteiger partial charge in [0.15, 0.2) is 0 Å². The van der Waals surface area contributed by atoms with Gasteiger partial charge in [-0.1, -0.05) is 6.07 Å². The fraction of sp³-hybridized carbons (Fsp3) is 0.200. The van der Waals surface area contributed by atoms with Gasteiger partial charge in [0.25, 0.3) is 0 Å². The van der Waals surface area contributed by atoms with Gasteiger partial charge in [0.05, 0.1) is 5.88 Å². The van der Waals surface area contributed by atoms with Gasteiger partial charge in [0.2, 0.25) is 0 Å². The van der Waals surface area contributed by atoms with E-state index in [1.807, 2.05) is 12.1 Å². The average Bonchev–Trinajstić information content (AvgIpc) is 2.45. The van der Waals surface area contributed by atoms with E-state index in [0.29, 0.717) is 5.88 Å². The molecule has 2 rings (SSSR count). The molecule has 1 nitrogen and oxygen atoms in total. The van der Waals surface area contributed by atoms with E-state index in [1.165, 1.54) is 15.0 Å². The molecule has 1 aromatic carbocycles. The van der Waals surface area contributed by atoms with E-state index < -0.39 is 0 Å². The van der Waals surface area contributed by atoms with E-state index in [4.69, 9.17) is 17.3 Å². The molecule has 0 fully saturated rings. The molecule has 1 heterocycles. The SMILES string of the molecule is Cc1cc2ccc(N)c(CCl)c2s1. The van der Waals surface area contributed by atoms with Gasteiger partial charge < -0.3 is 5.73 Å². The number of fused-ring (bicyclic) bond motifs is 1. The number of anilines is 1. The summed E-state index contributed by atoms with van der Waals surface area (Å²) in [6.07, 6.45) is 0. The average molecular weight is 212 g/mol. The highest BCUT2D eigenvalue weighted by molar-refractivity contribution is 7.19. The monoisotopic (exact) mass is 211 g/mol. The summed E-state index contributed by atoms with van der Waals surface area (Å²) in [6, 6.07) is 6.13. The lowest BCUT2D eigenvalue weighted by atomic mass is 10.1. The van der Waals surface area contributed by atoms with Crippen molar-refractivity contribution in [2.45, 2.75) is 12.8 Å². The van der Waals surface area contributed by atoms with E-state index in [2.05, 4.69) is 13.0 Å². The predicted molar refractivity (Wildman–Crippen MR) is 60.5 cm³/mol. The van der Waals surface area contributed by atoms with Crippen LogP contribution < -0.4 is 5.73 Å². The van der Waals surface area contributed by atoms with Crippen LogP contribution in [0.15, 0.2) is 18.2 Å². The molecule has 0 aliphatic rings. The van der Waals surface area contributed by atoms with Gasteiger partial charge in [-0.05, 0) is 24.4 Å². The molecule has 68 valence electrons. The lowest BCUT2D eigenvalue weighted by Gasteiger charge is -2.01. The third kappa shape index (κ3) is 1.40. The van der Waals surface area contributed by atoms with Gasteiger partial charge in [-0.15, -0.1) is 22.9 Å². The van der Waals surface area contributed by atoms with Crippen LogP contribution in [-0.4, -0.2) is 0 Å². The number of hydrogen-bond donors (Lipinski definition) is 1. The summed E-state index contributed by atoms with van der Waals surface area (Å²) >= 11 is 7.60. The minimum atomic E-state index is 0.489. The third-order valence-electron chi connectivity index (χ3n) is 2.08. The third-order valence-corrected chi connectivity index (χ3v) is 3.48. The number of benzene rings is 1. The smallest absolute Gasteiger partial charge is 0.0508 e. The van der Waals surface area contributed by atoms with Crippen LogP contribution >= 0.6 is 22.9 Å². The van der Waals surface area contributed by atoms with Crippen molar-refractivity contribution >= 4 is 38.7 Å². The van der Waals surface area contributed by atoms with Crippen molar-refractivity contribution < 1.29 is 0 Å². The van der Waals surface area contributed by atoms with Crippen molar-refractivity contribution in [1.29, 1.82) is 0 Å². The minimum Gasteiger partial charge on any atom is -0.398 e. The Labute approximate surface area is 86.1 Å². The second-order valence-corrected chi connectivity index (χ2v) is 4.57. The summed E-state index contributed by atoms with van der Waals surface area (Å²) in [4.78, 5) is 1.30. The highest BCUT2D eigenvalue weighted by atomic mass is 35.5. The first-order valence-electron chi connectivity index (χ1n) is 4.06. The number of hydrogen-bond acceptors (Lipinski definition) is 2. The maximum atomic E-state index is 5.85. The van der Waals surface area contributed by atoms with Crippen molar-refractivity contribution in [3.8, 4) is 0 Å². The van der Waals surface area contributed by atoms with E-state index in [-0.39, 0.29) is 0 Å². The van der Waals surface area contributed by atoms with Crippen LogP contribution in [0.1, 0.15) is 10.4 Å². The molecule has 3 heteroatoms. The molecule has 0 spiro atoms. The molecule has 0 amide bonds. The van der Waals surface area contributed by atoms with Crippen LogP contribution in [0.2, 0.25) is 0 Å². The van der Waals surface area contributed by atoms with Gasteiger partial charge in [-0.3, -0.25) is 0 Å². The lowest BCUT2D eigenvalue weighted by molar-refractivity contribution is 1.47. The number of rotatable bonds is 1. The van der Waals surface area contributed by atoms with Gasteiger partial charge in [0.1, 0.15) is 0 Å². The number of halogens is 1. The summed E-state index contributed by atoms with van der Waals surface area (Å²) in [5.41, 5.74) is 7.69. The maximum Gasteiger partial charge on any atom is 0.0508 e. The number of nitrogen functional groups attached to an aromatic ring is 1. The van der Waals surface area contributed by atoms with Crippen LogP contribution in [-0.2, 0) is 5.88 Å². The zero-order chi connectivity index (χ0) is 9.42. The summed E-state index contributed by atoms with van der Waals surface area (Å²) in [5.74, 6) is 0.489. The largest absolute Gasteiger partial charge is 0.398 e. The summed E-state index contributed by atoms with van der Waals surface area (Å²) in [6.45, 7) is 2.10. The van der Waals surface area contributed by atoms with E-state index in [9.17, 15) is 0 Å². The Bertz CT molecular complexity index is 447. The van der Waals surface area contributed by atoms with Crippen LogP contribution in [0.5, 0.6) is 0 Å². The Morgan fingerprint density at radius 2 is 2.23 bits per heavy atom. The molecule has 1 aromatic heterocycles. The van der Waals surface area contributed by atoms with Crippen LogP contribution in [0.4, 0.5) is 5.69 Å². The number of aryl methyl sites for hydroxylation is 1. The fourth-order valence-electron chi connectivity index (χ4n) is 1.44. The first-order chi connectivity index (χ1) is 6.22.